The molecular weight excluding hydrogens is 150 g/mol. The Morgan fingerprint density at radius 1 is 1.55 bits per heavy atom. The van der Waals surface area contributed by atoms with Crippen molar-refractivity contribution in [3.05, 3.63) is 10.1 Å². The third-order valence-corrected chi connectivity index (χ3v) is 1.14. The molecule has 0 radical (unpaired) electrons. The fourth-order valence-corrected chi connectivity index (χ4v) is 0.328. The summed E-state index contributed by atoms with van der Waals surface area (Å²) in [5, 5.41) is 8.69. The molecule has 0 rings (SSSR count). The van der Waals surface area contributed by atoms with E-state index < -0.39 is 17.1 Å². The minimum atomic E-state index is -0.969. The van der Waals surface area contributed by atoms with E-state index >= 15 is 0 Å². The van der Waals surface area contributed by atoms with E-state index in [2.05, 4.69) is 4.84 Å². The van der Waals surface area contributed by atoms with Crippen molar-refractivity contribution in [3.63, 3.8) is 0 Å². The fourth-order valence-electron chi connectivity index (χ4n) is 0.328. The van der Waals surface area contributed by atoms with E-state index in [9.17, 15) is 14.9 Å². The van der Waals surface area contributed by atoms with Gasteiger partial charge in [0.25, 0.3) is 5.09 Å². The van der Waals surface area contributed by atoms with Gasteiger partial charge in [-0.2, -0.15) is 0 Å². The first-order valence-electron chi connectivity index (χ1n) is 3.14. The molecule has 0 aromatic carbocycles. The Labute approximate surface area is 64.4 Å². The van der Waals surface area contributed by atoms with Crippen molar-refractivity contribution in [3.8, 4) is 0 Å². The number of nitrogens with zero attached hydrogens (tertiary/aromatic N) is 1. The smallest absolute Gasteiger partial charge is 0.294 e. The molecule has 0 unspecified atom stereocenters. The van der Waals surface area contributed by atoms with Gasteiger partial charge in [0.15, 0.2) is 12.4 Å². The minimum absolute atomic E-state index is 0.283. The van der Waals surface area contributed by atoms with Crippen molar-refractivity contribution in [2.75, 3.05) is 6.61 Å². The van der Waals surface area contributed by atoms with E-state index in [-0.39, 0.29) is 5.78 Å². The highest BCUT2D eigenvalue weighted by Crippen LogP contribution is 2.14. The molecule has 0 aliphatic carbocycles. The Morgan fingerprint density at radius 2 is 2.00 bits per heavy atom. The number of ketones is 1. The van der Waals surface area contributed by atoms with E-state index in [1.54, 1.807) is 20.8 Å². The summed E-state index contributed by atoms with van der Waals surface area (Å²) in [7, 11) is 0. The normalized spacial score (nSPS) is 10.8. The van der Waals surface area contributed by atoms with Crippen molar-refractivity contribution >= 4 is 5.78 Å². The van der Waals surface area contributed by atoms with Crippen molar-refractivity contribution in [1.29, 1.82) is 0 Å². The minimum Gasteiger partial charge on any atom is -0.306 e. The molecule has 0 amide bonds. The Hall–Kier alpha value is -1.13. The molecule has 5 heteroatoms. The maximum atomic E-state index is 10.9. The van der Waals surface area contributed by atoms with Gasteiger partial charge in [-0.25, -0.2) is 0 Å². The van der Waals surface area contributed by atoms with Crippen LogP contribution in [0, 0.1) is 15.5 Å². The molecule has 0 spiro atoms. The van der Waals surface area contributed by atoms with Gasteiger partial charge in [-0.15, -0.1) is 10.1 Å². The zero-order chi connectivity index (χ0) is 9.07. The predicted molar refractivity (Wildman–Crippen MR) is 37.4 cm³/mol. The lowest BCUT2D eigenvalue weighted by Crippen LogP contribution is -2.26. The standard InChI is InChI=1S/C6H11NO4/c1-6(2,3)5(8)4-11-7(9)10/h4H2,1-3H3. The molecule has 64 valence electrons. The van der Waals surface area contributed by atoms with Crippen LogP contribution < -0.4 is 0 Å². The van der Waals surface area contributed by atoms with Crippen molar-refractivity contribution < 1.29 is 14.7 Å². The first-order valence-corrected chi connectivity index (χ1v) is 3.14. The Morgan fingerprint density at radius 3 is 2.27 bits per heavy atom. The zero-order valence-corrected chi connectivity index (χ0v) is 6.79. The molecular formula is C6H11NO4. The van der Waals surface area contributed by atoms with E-state index in [1.165, 1.54) is 0 Å². The lowest BCUT2D eigenvalue weighted by molar-refractivity contribution is -0.754. The maximum Gasteiger partial charge on any atom is 0.294 e. The second kappa shape index (κ2) is 3.32. The van der Waals surface area contributed by atoms with Gasteiger partial charge in [-0.05, 0) is 0 Å². The highest BCUT2D eigenvalue weighted by Gasteiger charge is 2.21. The summed E-state index contributed by atoms with van der Waals surface area (Å²) in [4.78, 5) is 24.5. The van der Waals surface area contributed by atoms with Gasteiger partial charge in [0, 0.05) is 5.41 Å². The molecule has 0 fully saturated rings. The van der Waals surface area contributed by atoms with Crippen LogP contribution in [0.15, 0.2) is 0 Å². The van der Waals surface area contributed by atoms with E-state index in [0.717, 1.165) is 0 Å². The SMILES string of the molecule is CC(C)(C)C(=O)CO[N+](=O)[O-]. The zero-order valence-electron chi connectivity index (χ0n) is 6.79. The van der Waals surface area contributed by atoms with Crippen LogP contribution in [0.1, 0.15) is 20.8 Å². The molecule has 0 aliphatic heterocycles. The molecule has 0 bridgehead atoms. The third kappa shape index (κ3) is 4.30. The van der Waals surface area contributed by atoms with Gasteiger partial charge in [0.1, 0.15) is 0 Å². The topological polar surface area (TPSA) is 69.4 Å². The van der Waals surface area contributed by atoms with Crippen molar-refractivity contribution in [2.24, 2.45) is 5.41 Å². The van der Waals surface area contributed by atoms with Crippen LogP contribution in [0.25, 0.3) is 0 Å². The summed E-state index contributed by atoms with van der Waals surface area (Å²) in [6.45, 7) is 4.58. The maximum absolute atomic E-state index is 10.9. The van der Waals surface area contributed by atoms with Gasteiger partial charge in [0.2, 0.25) is 0 Å². The summed E-state index contributed by atoms with van der Waals surface area (Å²) in [6, 6.07) is 0. The monoisotopic (exact) mass is 161 g/mol. The molecule has 0 heterocycles. The largest absolute Gasteiger partial charge is 0.306 e. The predicted octanol–water partition coefficient (Wildman–Crippen LogP) is 0.810. The van der Waals surface area contributed by atoms with E-state index in [0.29, 0.717) is 0 Å². The quantitative estimate of drug-likeness (QED) is 0.453. The molecule has 0 aromatic heterocycles. The second-order valence-electron chi connectivity index (χ2n) is 3.17. The fraction of sp³-hybridized carbons (Fsp3) is 0.833. The molecule has 5 nitrogen and oxygen atoms in total. The summed E-state index contributed by atoms with van der Waals surface area (Å²) < 4.78 is 0. The molecule has 0 aliphatic rings. The number of hydrogen-bond acceptors (Lipinski definition) is 4. The summed E-state index contributed by atoms with van der Waals surface area (Å²) >= 11 is 0. The number of Topliss-reactive ketones (excluding diaryl/α,β-unsaturated/α-hetero) is 1. The number of hydrogen-bond donors (Lipinski definition) is 0. The van der Waals surface area contributed by atoms with Gasteiger partial charge in [-0.1, -0.05) is 20.8 Å². The molecule has 0 aromatic rings. The van der Waals surface area contributed by atoms with Crippen LogP contribution in [0.2, 0.25) is 0 Å². The third-order valence-electron chi connectivity index (χ3n) is 1.14. The van der Waals surface area contributed by atoms with Gasteiger partial charge < -0.3 is 4.84 Å². The summed E-state index contributed by atoms with van der Waals surface area (Å²) in [5.74, 6) is -0.283. The van der Waals surface area contributed by atoms with E-state index in [4.69, 9.17) is 0 Å². The number of carbonyl (C=O) groups excluding carboxylic acids is 1. The van der Waals surface area contributed by atoms with Crippen LogP contribution in [0.5, 0.6) is 0 Å². The first-order chi connectivity index (χ1) is 4.84. The second-order valence-corrected chi connectivity index (χ2v) is 3.17. The highest BCUT2D eigenvalue weighted by atomic mass is 16.9. The van der Waals surface area contributed by atoms with Gasteiger partial charge in [0.05, 0.1) is 0 Å². The summed E-state index contributed by atoms with van der Waals surface area (Å²) in [6.07, 6.45) is 0. The highest BCUT2D eigenvalue weighted by molar-refractivity contribution is 5.84. The average molecular weight is 161 g/mol. The Balaban J connectivity index is 3.80. The Bertz CT molecular complexity index is 170. The molecule has 0 atom stereocenters. The first kappa shape index (κ1) is 9.87. The average Bonchev–Trinajstić information content (AvgIpc) is 1.80. The molecule has 0 N–H and O–H groups in total. The molecule has 11 heavy (non-hydrogen) atoms. The lowest BCUT2D eigenvalue weighted by atomic mass is 9.91. The van der Waals surface area contributed by atoms with Crippen molar-refractivity contribution in [2.45, 2.75) is 20.8 Å². The Kier molecular flexibility index (Phi) is 2.98. The number of carbonyl (C=O) groups is 1. The van der Waals surface area contributed by atoms with Crippen LogP contribution in [0.3, 0.4) is 0 Å². The van der Waals surface area contributed by atoms with Gasteiger partial charge in [-0.3, -0.25) is 4.79 Å². The van der Waals surface area contributed by atoms with Crippen LogP contribution >= 0.6 is 0 Å². The van der Waals surface area contributed by atoms with E-state index in [1.807, 2.05) is 0 Å². The van der Waals surface area contributed by atoms with Gasteiger partial charge >= 0.3 is 0 Å². The van der Waals surface area contributed by atoms with Crippen molar-refractivity contribution in [1.82, 2.24) is 0 Å². The molecule has 0 saturated carbocycles. The molecule has 0 saturated heterocycles. The van der Waals surface area contributed by atoms with Crippen LogP contribution in [-0.4, -0.2) is 17.5 Å². The summed E-state index contributed by atoms with van der Waals surface area (Å²) in [5.41, 5.74) is -0.573. The van der Waals surface area contributed by atoms with Crippen LogP contribution in [0.4, 0.5) is 0 Å². The van der Waals surface area contributed by atoms with Crippen LogP contribution in [-0.2, 0) is 9.63 Å². The number of rotatable bonds is 3. The lowest BCUT2D eigenvalue weighted by Gasteiger charge is -2.14.